The van der Waals surface area contributed by atoms with Gasteiger partial charge in [-0.1, -0.05) is 0 Å². The molecule has 1 saturated carbocycles. The average Bonchev–Trinajstić information content (AvgIpc) is 2.62. The summed E-state index contributed by atoms with van der Waals surface area (Å²) >= 11 is 0.473. The molecule has 0 aromatic carbocycles. The molecule has 10 heavy (non-hydrogen) atoms. The Balaban J connectivity index is 2.11. The minimum absolute atomic E-state index is 0.473. The maximum atomic E-state index is 2.43. The van der Waals surface area contributed by atoms with Crippen molar-refractivity contribution in [3.63, 3.8) is 0 Å². The molecule has 0 aromatic rings. The molecule has 1 fully saturated rings. The molecule has 2 aliphatic rings. The molecule has 0 aromatic heterocycles. The molecule has 0 spiro atoms. The van der Waals surface area contributed by atoms with Crippen LogP contribution in [-0.4, -0.2) is 8.86 Å². The number of halogens is 1. The predicted octanol–water partition coefficient (Wildman–Crippen LogP) is -0.796. The molecule has 0 bridgehead atoms. The van der Waals surface area contributed by atoms with E-state index in [0.717, 1.165) is 9.84 Å². The Bertz CT molecular complexity index is 181. The monoisotopic (exact) mass is 249 g/mol. The van der Waals surface area contributed by atoms with Crippen LogP contribution in [0.4, 0.5) is 0 Å². The van der Waals surface area contributed by atoms with Crippen LogP contribution in [0.1, 0.15) is 26.2 Å². The van der Waals surface area contributed by atoms with Gasteiger partial charge in [0, 0.05) is 0 Å². The van der Waals surface area contributed by atoms with Gasteiger partial charge < -0.3 is 0 Å². The van der Waals surface area contributed by atoms with E-state index in [0.29, 0.717) is 21.2 Å². The van der Waals surface area contributed by atoms with E-state index in [2.05, 4.69) is 11.9 Å². The van der Waals surface area contributed by atoms with Crippen LogP contribution in [0.5, 0.6) is 0 Å². The fourth-order valence-electron chi connectivity index (χ4n) is 1.95. The third kappa shape index (κ3) is 1.03. The van der Waals surface area contributed by atoms with Gasteiger partial charge in [0.15, 0.2) is 0 Å². The van der Waals surface area contributed by atoms with E-state index in [1.165, 1.54) is 19.3 Å². The number of hydrogen-bond acceptors (Lipinski definition) is 0. The van der Waals surface area contributed by atoms with Gasteiger partial charge >= 0.3 is 73.3 Å². The van der Waals surface area contributed by atoms with E-state index in [-0.39, 0.29) is 0 Å². The Labute approximate surface area is 73.3 Å². The van der Waals surface area contributed by atoms with E-state index in [1.54, 1.807) is 0 Å². The maximum absolute atomic E-state index is 2.43. The van der Waals surface area contributed by atoms with Gasteiger partial charge in [-0.25, -0.2) is 0 Å². The Morgan fingerprint density at radius 2 is 2.40 bits per heavy atom. The molecule has 0 nitrogen and oxygen atoms in total. The van der Waals surface area contributed by atoms with Crippen molar-refractivity contribution in [3.05, 3.63) is 11.1 Å². The molecule has 2 atom stereocenters. The zero-order valence-corrected chi connectivity index (χ0v) is 8.81. The summed E-state index contributed by atoms with van der Waals surface area (Å²) in [4.78, 5) is 2.41. The van der Waals surface area contributed by atoms with E-state index in [1.807, 2.05) is 11.1 Å². The summed E-state index contributed by atoms with van der Waals surface area (Å²) < 4.78 is 1.00. The summed E-state index contributed by atoms with van der Waals surface area (Å²) in [6.45, 7) is 2.43. The van der Waals surface area contributed by atoms with Crippen LogP contribution in [-0.2, 0) is 0 Å². The third-order valence-electron chi connectivity index (χ3n) is 2.78. The Morgan fingerprint density at radius 3 is 2.80 bits per heavy atom. The van der Waals surface area contributed by atoms with Crippen molar-refractivity contribution < 1.29 is 21.2 Å². The summed E-state index contributed by atoms with van der Waals surface area (Å²) in [7, 11) is 0. The molecule has 0 radical (unpaired) electrons. The van der Waals surface area contributed by atoms with Crippen LogP contribution < -0.4 is 21.2 Å². The van der Waals surface area contributed by atoms with Crippen molar-refractivity contribution >= 4 is 0 Å². The quantitative estimate of drug-likeness (QED) is 0.341. The summed E-state index contributed by atoms with van der Waals surface area (Å²) in [5, 5.41) is 0. The number of alkyl halides is 2. The SMILES string of the molecule is C[I-]C(C)C1=C2C[C@H]2CC1. The second-order valence-electron chi connectivity index (χ2n) is 3.32. The average molecular weight is 249 g/mol. The Kier molecular flexibility index (Phi) is 1.79. The van der Waals surface area contributed by atoms with Crippen molar-refractivity contribution in [2.24, 2.45) is 5.92 Å². The van der Waals surface area contributed by atoms with Gasteiger partial charge in [-0.2, -0.15) is 0 Å². The number of fused-ring (bicyclic) bond motifs is 1. The molecule has 1 unspecified atom stereocenters. The summed E-state index contributed by atoms with van der Waals surface area (Å²) in [5.74, 6) is 1.08. The normalized spacial score (nSPS) is 32.8. The topological polar surface area (TPSA) is 0 Å². The summed E-state index contributed by atoms with van der Waals surface area (Å²) in [6.07, 6.45) is 4.43. The molecule has 0 N–H and O–H groups in total. The zero-order chi connectivity index (χ0) is 7.14. The number of rotatable bonds is 2. The van der Waals surface area contributed by atoms with E-state index in [4.69, 9.17) is 0 Å². The first-order valence-electron chi connectivity index (χ1n) is 4.02. The standard InChI is InChI=1S/C9H14I/c1-6(10-2)8-4-3-7-5-9(7)8/h6-7H,3-5H2,1-2H3/q-1/t6?,7-/m1/s1. The molecule has 2 rings (SSSR count). The summed E-state index contributed by atoms with van der Waals surface area (Å²) in [5.41, 5.74) is 3.74. The van der Waals surface area contributed by atoms with Crippen LogP contribution in [0, 0.1) is 5.92 Å². The van der Waals surface area contributed by atoms with Gasteiger partial charge in [-0.3, -0.25) is 0 Å². The van der Waals surface area contributed by atoms with Gasteiger partial charge in [0.1, 0.15) is 0 Å². The first kappa shape index (κ1) is 7.14. The van der Waals surface area contributed by atoms with Gasteiger partial charge in [0.25, 0.3) is 0 Å². The van der Waals surface area contributed by atoms with Crippen molar-refractivity contribution in [1.29, 1.82) is 0 Å². The zero-order valence-electron chi connectivity index (χ0n) is 6.65. The molecular weight excluding hydrogens is 235 g/mol. The number of hydrogen-bond donors (Lipinski definition) is 0. The van der Waals surface area contributed by atoms with Crippen LogP contribution in [0.2, 0.25) is 0 Å². The molecule has 0 amide bonds. The van der Waals surface area contributed by atoms with E-state index < -0.39 is 0 Å². The molecule has 58 valence electrons. The summed E-state index contributed by atoms with van der Waals surface area (Å²) in [6, 6.07) is 0. The van der Waals surface area contributed by atoms with Gasteiger partial charge in [0.2, 0.25) is 0 Å². The fourth-order valence-corrected chi connectivity index (χ4v) is 3.42. The second-order valence-corrected chi connectivity index (χ2v) is 6.44. The first-order valence-corrected chi connectivity index (χ1v) is 7.43. The van der Waals surface area contributed by atoms with Gasteiger partial charge in [-0.15, -0.1) is 0 Å². The van der Waals surface area contributed by atoms with Crippen LogP contribution in [0.15, 0.2) is 11.1 Å². The van der Waals surface area contributed by atoms with E-state index in [9.17, 15) is 0 Å². The Hall–Kier alpha value is 0.470. The predicted molar refractivity (Wildman–Crippen MR) is 39.8 cm³/mol. The van der Waals surface area contributed by atoms with Gasteiger partial charge in [0.05, 0.1) is 0 Å². The molecular formula is C9H14I-. The van der Waals surface area contributed by atoms with Crippen molar-refractivity contribution in [1.82, 2.24) is 0 Å². The molecule has 0 heterocycles. The molecule has 0 aliphatic heterocycles. The van der Waals surface area contributed by atoms with Crippen LogP contribution in [0.3, 0.4) is 0 Å². The van der Waals surface area contributed by atoms with Crippen LogP contribution >= 0.6 is 0 Å². The van der Waals surface area contributed by atoms with Crippen LogP contribution in [0.25, 0.3) is 0 Å². The fraction of sp³-hybridized carbons (Fsp3) is 0.778. The van der Waals surface area contributed by atoms with Crippen molar-refractivity contribution in [2.45, 2.75) is 30.1 Å². The molecule has 0 saturated heterocycles. The van der Waals surface area contributed by atoms with Crippen molar-refractivity contribution in [3.8, 4) is 0 Å². The second kappa shape index (κ2) is 2.50. The van der Waals surface area contributed by atoms with Gasteiger partial charge in [-0.05, 0) is 0 Å². The third-order valence-corrected chi connectivity index (χ3v) is 5.40. The molecule has 2 aliphatic carbocycles. The van der Waals surface area contributed by atoms with Crippen molar-refractivity contribution in [2.75, 3.05) is 4.93 Å². The molecule has 1 heteroatoms. The van der Waals surface area contributed by atoms with E-state index >= 15 is 0 Å². The first-order chi connectivity index (χ1) is 4.83. The Morgan fingerprint density at radius 1 is 1.60 bits per heavy atom. The minimum atomic E-state index is 0.473. The number of allylic oxidation sites excluding steroid dienone is 2.